The van der Waals surface area contributed by atoms with Crippen LogP contribution >= 0.6 is 11.6 Å². The third kappa shape index (κ3) is 3.18. The van der Waals surface area contributed by atoms with E-state index in [0.29, 0.717) is 28.6 Å². The van der Waals surface area contributed by atoms with Crippen LogP contribution < -0.4 is 5.32 Å². The van der Waals surface area contributed by atoms with Gasteiger partial charge in [-0.1, -0.05) is 38.3 Å². The van der Waals surface area contributed by atoms with Crippen LogP contribution in [0.2, 0.25) is 5.02 Å². The van der Waals surface area contributed by atoms with Gasteiger partial charge in [0.25, 0.3) is 5.69 Å². The maximum Gasteiger partial charge on any atom is 0.293 e. The summed E-state index contributed by atoms with van der Waals surface area (Å²) in [7, 11) is 0. The predicted molar refractivity (Wildman–Crippen MR) is 77.7 cm³/mol. The van der Waals surface area contributed by atoms with Gasteiger partial charge in [-0.25, -0.2) is 0 Å². The van der Waals surface area contributed by atoms with Crippen LogP contribution in [0.25, 0.3) is 0 Å². The van der Waals surface area contributed by atoms with Crippen molar-refractivity contribution < 1.29 is 4.92 Å². The molecule has 1 aromatic carbocycles. The molecule has 0 radical (unpaired) electrons. The molecular formula is C14H19ClN2O2. The van der Waals surface area contributed by atoms with Crippen molar-refractivity contribution in [3.8, 4) is 0 Å². The van der Waals surface area contributed by atoms with Gasteiger partial charge in [-0.05, 0) is 30.4 Å². The Labute approximate surface area is 118 Å². The highest BCUT2D eigenvalue weighted by atomic mass is 35.5. The van der Waals surface area contributed by atoms with Crippen molar-refractivity contribution in [2.45, 2.75) is 39.2 Å². The largest absolute Gasteiger partial charge is 0.376 e. The summed E-state index contributed by atoms with van der Waals surface area (Å²) in [6, 6.07) is 5.09. The molecule has 0 bridgehead atoms. The molecule has 0 aliphatic heterocycles. The fourth-order valence-electron chi connectivity index (χ4n) is 2.76. The molecule has 104 valence electrons. The number of nitrogens with one attached hydrogen (secondary N) is 1. The Hall–Kier alpha value is -1.29. The van der Waals surface area contributed by atoms with Crippen LogP contribution in [-0.2, 0) is 0 Å². The summed E-state index contributed by atoms with van der Waals surface area (Å²) in [4.78, 5) is 10.7. The molecular weight excluding hydrogens is 264 g/mol. The number of anilines is 1. The summed E-state index contributed by atoms with van der Waals surface area (Å²) in [5, 5.41) is 14.8. The third-order valence-electron chi connectivity index (χ3n) is 4.20. The number of nitro groups is 1. The highest BCUT2D eigenvalue weighted by molar-refractivity contribution is 6.30. The van der Waals surface area contributed by atoms with Gasteiger partial charge in [0.15, 0.2) is 0 Å². The Balaban J connectivity index is 2.21. The molecule has 1 saturated carbocycles. The zero-order valence-electron chi connectivity index (χ0n) is 11.2. The number of benzene rings is 1. The van der Waals surface area contributed by atoms with Gasteiger partial charge < -0.3 is 5.32 Å². The molecule has 1 aliphatic carbocycles. The molecule has 5 heteroatoms. The van der Waals surface area contributed by atoms with E-state index in [4.69, 9.17) is 11.6 Å². The zero-order chi connectivity index (χ0) is 14.0. The molecule has 4 nitrogen and oxygen atoms in total. The molecule has 1 aliphatic rings. The van der Waals surface area contributed by atoms with Gasteiger partial charge in [0.2, 0.25) is 0 Å². The van der Waals surface area contributed by atoms with Crippen LogP contribution in [0.15, 0.2) is 18.2 Å². The van der Waals surface area contributed by atoms with E-state index in [1.54, 1.807) is 12.1 Å². The minimum absolute atomic E-state index is 0.0536. The molecule has 3 atom stereocenters. The second-order valence-electron chi connectivity index (χ2n) is 5.44. The minimum Gasteiger partial charge on any atom is -0.376 e. The van der Waals surface area contributed by atoms with E-state index in [1.165, 1.54) is 18.9 Å². The van der Waals surface area contributed by atoms with Crippen LogP contribution in [0.3, 0.4) is 0 Å². The topological polar surface area (TPSA) is 55.2 Å². The number of nitro benzene ring substituents is 1. The monoisotopic (exact) mass is 282 g/mol. The first kappa shape index (κ1) is 14.1. The van der Waals surface area contributed by atoms with Crippen LogP contribution in [0.5, 0.6) is 0 Å². The first-order valence-corrected chi connectivity index (χ1v) is 7.07. The Morgan fingerprint density at radius 1 is 1.37 bits per heavy atom. The van der Waals surface area contributed by atoms with Crippen molar-refractivity contribution in [2.24, 2.45) is 11.8 Å². The number of rotatable bonds is 3. The molecule has 0 aromatic heterocycles. The van der Waals surface area contributed by atoms with Gasteiger partial charge in [0, 0.05) is 17.1 Å². The van der Waals surface area contributed by atoms with E-state index in [0.717, 1.165) is 6.42 Å². The summed E-state index contributed by atoms with van der Waals surface area (Å²) in [5.74, 6) is 1.17. The van der Waals surface area contributed by atoms with E-state index >= 15 is 0 Å². The van der Waals surface area contributed by atoms with Crippen molar-refractivity contribution in [1.82, 2.24) is 0 Å². The average Bonchev–Trinajstić information content (AvgIpc) is 2.36. The first-order chi connectivity index (χ1) is 8.99. The maximum atomic E-state index is 11.1. The molecule has 0 amide bonds. The van der Waals surface area contributed by atoms with Crippen LogP contribution in [0.1, 0.15) is 33.1 Å². The van der Waals surface area contributed by atoms with Crippen molar-refractivity contribution in [1.29, 1.82) is 0 Å². The van der Waals surface area contributed by atoms with Crippen molar-refractivity contribution in [3.63, 3.8) is 0 Å². The van der Waals surface area contributed by atoms with Gasteiger partial charge in [-0.15, -0.1) is 0 Å². The first-order valence-electron chi connectivity index (χ1n) is 6.69. The zero-order valence-corrected chi connectivity index (χ0v) is 12.0. The maximum absolute atomic E-state index is 11.1. The lowest BCUT2D eigenvalue weighted by Gasteiger charge is -2.35. The average molecular weight is 283 g/mol. The molecule has 3 unspecified atom stereocenters. The molecule has 1 N–H and O–H groups in total. The molecule has 0 heterocycles. The Morgan fingerprint density at radius 3 is 2.79 bits per heavy atom. The molecule has 2 rings (SSSR count). The van der Waals surface area contributed by atoms with Crippen LogP contribution in [-0.4, -0.2) is 11.0 Å². The van der Waals surface area contributed by atoms with E-state index < -0.39 is 0 Å². The van der Waals surface area contributed by atoms with Crippen molar-refractivity contribution in [2.75, 3.05) is 5.32 Å². The Morgan fingerprint density at radius 2 is 2.11 bits per heavy atom. The SMILES string of the molecule is CC1CCCC(Nc2ccc(Cl)cc2[N+](=O)[O-])C1C. The van der Waals surface area contributed by atoms with E-state index in [9.17, 15) is 10.1 Å². The van der Waals surface area contributed by atoms with Crippen LogP contribution in [0.4, 0.5) is 11.4 Å². The van der Waals surface area contributed by atoms with E-state index in [1.807, 2.05) is 0 Å². The number of nitrogens with zero attached hydrogens (tertiary/aromatic N) is 1. The summed E-state index contributed by atoms with van der Waals surface area (Å²) < 4.78 is 0. The van der Waals surface area contributed by atoms with Gasteiger partial charge in [0.05, 0.1) is 4.92 Å². The van der Waals surface area contributed by atoms with Crippen molar-refractivity contribution >= 4 is 23.0 Å². The third-order valence-corrected chi connectivity index (χ3v) is 4.44. The predicted octanol–water partition coefficient (Wildman–Crippen LogP) is 4.48. The summed E-state index contributed by atoms with van der Waals surface area (Å²) in [6.45, 7) is 4.46. The lowest BCUT2D eigenvalue weighted by Crippen LogP contribution is -2.35. The highest BCUT2D eigenvalue weighted by Gasteiger charge is 2.28. The van der Waals surface area contributed by atoms with Gasteiger partial charge in [-0.3, -0.25) is 10.1 Å². The second kappa shape index (κ2) is 5.78. The highest BCUT2D eigenvalue weighted by Crippen LogP contribution is 2.34. The molecule has 1 fully saturated rings. The molecule has 19 heavy (non-hydrogen) atoms. The minimum atomic E-state index is -0.384. The van der Waals surface area contributed by atoms with Gasteiger partial charge >= 0.3 is 0 Å². The van der Waals surface area contributed by atoms with E-state index in [2.05, 4.69) is 19.2 Å². The second-order valence-corrected chi connectivity index (χ2v) is 5.87. The van der Waals surface area contributed by atoms with Gasteiger partial charge in [0.1, 0.15) is 5.69 Å². The normalized spacial score (nSPS) is 27.0. The number of hydrogen-bond acceptors (Lipinski definition) is 3. The quantitative estimate of drug-likeness (QED) is 0.657. The standard InChI is InChI=1S/C14H19ClN2O2/c1-9-4-3-5-12(10(9)2)16-13-7-6-11(15)8-14(13)17(18)19/h6-10,12,16H,3-5H2,1-2H3. The molecule has 1 aromatic rings. The fraction of sp³-hybridized carbons (Fsp3) is 0.571. The summed E-state index contributed by atoms with van der Waals surface area (Å²) >= 11 is 5.82. The van der Waals surface area contributed by atoms with E-state index in [-0.39, 0.29) is 10.6 Å². The molecule has 0 saturated heterocycles. The van der Waals surface area contributed by atoms with Gasteiger partial charge in [-0.2, -0.15) is 0 Å². The lowest BCUT2D eigenvalue weighted by atomic mass is 9.78. The van der Waals surface area contributed by atoms with Crippen molar-refractivity contribution in [3.05, 3.63) is 33.3 Å². The lowest BCUT2D eigenvalue weighted by molar-refractivity contribution is -0.384. The van der Waals surface area contributed by atoms with Crippen LogP contribution in [0, 0.1) is 22.0 Å². The summed E-state index contributed by atoms with van der Waals surface area (Å²) in [6.07, 6.45) is 3.47. The smallest absolute Gasteiger partial charge is 0.293 e. The number of halogens is 1. The number of hydrogen-bond donors (Lipinski definition) is 1. The Bertz CT molecular complexity index is 479. The Kier molecular flexibility index (Phi) is 4.30. The molecule has 0 spiro atoms. The fourth-order valence-corrected chi connectivity index (χ4v) is 2.93. The summed E-state index contributed by atoms with van der Waals surface area (Å²) in [5.41, 5.74) is 0.623.